The molecule has 1 saturated heterocycles. The molecule has 0 radical (unpaired) electrons. The van der Waals surface area contributed by atoms with Gasteiger partial charge in [-0.15, -0.1) is 0 Å². The van der Waals surface area contributed by atoms with E-state index in [4.69, 9.17) is 0 Å². The summed E-state index contributed by atoms with van der Waals surface area (Å²) in [5.74, 6) is -0.945. The van der Waals surface area contributed by atoms with Crippen LogP contribution in [0.3, 0.4) is 0 Å². The smallest absolute Gasteiger partial charge is 0.326 e. The summed E-state index contributed by atoms with van der Waals surface area (Å²) in [7, 11) is 0. The third kappa shape index (κ3) is 6.02. The van der Waals surface area contributed by atoms with Gasteiger partial charge in [0.25, 0.3) is 0 Å². The van der Waals surface area contributed by atoms with Crippen LogP contribution in [0, 0.1) is 5.92 Å². The molecule has 1 fully saturated rings. The average Bonchev–Trinajstić information content (AvgIpc) is 2.99. The number of urea groups is 1. The highest BCUT2D eigenvalue weighted by Crippen LogP contribution is 2.12. The van der Waals surface area contributed by atoms with Crippen LogP contribution in [0.5, 0.6) is 0 Å². The Bertz CT molecular complexity index is 635. The van der Waals surface area contributed by atoms with Gasteiger partial charge in [0.2, 0.25) is 5.91 Å². The van der Waals surface area contributed by atoms with E-state index in [2.05, 4.69) is 15.6 Å². The minimum absolute atomic E-state index is 0.0278. The first-order valence-corrected chi connectivity index (χ1v) is 8.81. The van der Waals surface area contributed by atoms with Gasteiger partial charge in [0.1, 0.15) is 6.04 Å². The van der Waals surface area contributed by atoms with Gasteiger partial charge in [-0.05, 0) is 30.4 Å². The molecule has 1 aliphatic rings. The normalized spacial score (nSPS) is 17.7. The first-order chi connectivity index (χ1) is 12.3. The van der Waals surface area contributed by atoms with Crippen LogP contribution >= 0.6 is 0 Å². The van der Waals surface area contributed by atoms with Gasteiger partial charge in [0.05, 0.1) is 0 Å². The number of rotatable bonds is 8. The summed E-state index contributed by atoms with van der Waals surface area (Å²) in [5.41, 5.74) is 0.836. The summed E-state index contributed by atoms with van der Waals surface area (Å²) < 4.78 is 0. The lowest BCUT2D eigenvalue weighted by Gasteiger charge is -2.28. The molecular weight excluding hydrogens is 336 g/mol. The Morgan fingerprint density at radius 1 is 1.46 bits per heavy atom. The highest BCUT2D eigenvalue weighted by Gasteiger charge is 2.28. The Hall–Kier alpha value is -2.64. The molecule has 0 aromatic carbocycles. The molecule has 0 aliphatic carbocycles. The predicted octanol–water partition coefficient (Wildman–Crippen LogP) is 1.37. The van der Waals surface area contributed by atoms with E-state index in [1.807, 2.05) is 19.9 Å². The Labute approximate surface area is 153 Å². The lowest BCUT2D eigenvalue weighted by atomic mass is 10.0. The van der Waals surface area contributed by atoms with Crippen molar-refractivity contribution < 1.29 is 19.5 Å². The quantitative estimate of drug-likeness (QED) is 0.647. The van der Waals surface area contributed by atoms with Crippen molar-refractivity contribution in [2.75, 3.05) is 6.54 Å². The predicted molar refractivity (Wildman–Crippen MR) is 95.2 cm³/mol. The van der Waals surface area contributed by atoms with Gasteiger partial charge in [0.15, 0.2) is 0 Å². The zero-order chi connectivity index (χ0) is 19.1. The summed E-state index contributed by atoms with van der Waals surface area (Å²) >= 11 is 0. The summed E-state index contributed by atoms with van der Waals surface area (Å²) in [4.78, 5) is 41.2. The molecule has 2 atom stereocenters. The SMILES string of the molecule is CC(C)C[C@H](NC(=O)N(Cc1cccnc1)C[C@@H]1CCC(=O)N1)C(=O)O. The van der Waals surface area contributed by atoms with Crippen molar-refractivity contribution >= 4 is 17.9 Å². The largest absolute Gasteiger partial charge is 0.480 e. The number of carboxylic acids is 1. The Balaban J connectivity index is 2.08. The number of aromatic nitrogens is 1. The summed E-state index contributed by atoms with van der Waals surface area (Å²) in [5, 5.41) is 14.8. The van der Waals surface area contributed by atoms with Crippen molar-refractivity contribution in [2.45, 2.75) is 51.7 Å². The van der Waals surface area contributed by atoms with Crippen LogP contribution in [0.15, 0.2) is 24.5 Å². The number of amides is 3. The number of hydrogen-bond donors (Lipinski definition) is 3. The number of pyridine rings is 1. The zero-order valence-electron chi connectivity index (χ0n) is 15.1. The van der Waals surface area contributed by atoms with Gasteiger partial charge in [-0.2, -0.15) is 0 Å². The first kappa shape index (κ1) is 19.7. The Kier molecular flexibility index (Phi) is 6.94. The van der Waals surface area contributed by atoms with Crippen LogP contribution in [-0.4, -0.2) is 51.5 Å². The molecule has 3 N–H and O–H groups in total. The maximum atomic E-state index is 12.7. The molecule has 0 bridgehead atoms. The van der Waals surface area contributed by atoms with Gasteiger partial charge in [-0.1, -0.05) is 19.9 Å². The molecule has 3 amide bonds. The van der Waals surface area contributed by atoms with Gasteiger partial charge in [-0.25, -0.2) is 9.59 Å². The van der Waals surface area contributed by atoms with E-state index in [0.717, 1.165) is 5.56 Å². The van der Waals surface area contributed by atoms with Gasteiger partial charge in [0, 0.05) is 37.9 Å². The van der Waals surface area contributed by atoms with Crippen LogP contribution in [0.25, 0.3) is 0 Å². The highest BCUT2D eigenvalue weighted by molar-refractivity contribution is 5.83. The second-order valence-corrected chi connectivity index (χ2v) is 7.01. The van der Waals surface area contributed by atoms with E-state index in [0.29, 0.717) is 32.4 Å². The minimum atomic E-state index is -1.05. The topological polar surface area (TPSA) is 112 Å². The standard InChI is InChI=1S/C18H26N4O4/c1-12(2)8-15(17(24)25)21-18(26)22(10-13-4-3-7-19-9-13)11-14-5-6-16(23)20-14/h3-4,7,9,12,14-15H,5-6,8,10-11H2,1-2H3,(H,20,23)(H,21,26)(H,24,25)/t14-,15-/m0/s1. The molecule has 1 aromatic heterocycles. The number of nitrogens with one attached hydrogen (secondary N) is 2. The number of carboxylic acid groups (broad SMARTS) is 1. The van der Waals surface area contributed by atoms with Crippen molar-refractivity contribution in [3.8, 4) is 0 Å². The number of carbonyl (C=O) groups excluding carboxylic acids is 2. The summed E-state index contributed by atoms with van der Waals surface area (Å²) in [6, 6.07) is 2.10. The van der Waals surface area contributed by atoms with Crippen LogP contribution in [-0.2, 0) is 16.1 Å². The number of carbonyl (C=O) groups is 3. The monoisotopic (exact) mass is 362 g/mol. The molecule has 8 nitrogen and oxygen atoms in total. The summed E-state index contributed by atoms with van der Waals surface area (Å²) in [6.07, 6.45) is 4.76. The van der Waals surface area contributed by atoms with Crippen molar-refractivity contribution in [1.82, 2.24) is 20.5 Å². The van der Waals surface area contributed by atoms with E-state index in [1.165, 1.54) is 4.90 Å². The molecule has 142 valence electrons. The second kappa shape index (κ2) is 9.17. The number of nitrogens with zero attached hydrogens (tertiary/aromatic N) is 2. The van der Waals surface area contributed by atoms with Gasteiger partial charge < -0.3 is 20.6 Å². The lowest BCUT2D eigenvalue weighted by Crippen LogP contribution is -2.51. The fourth-order valence-electron chi connectivity index (χ4n) is 2.94. The molecule has 2 heterocycles. The molecule has 8 heteroatoms. The molecule has 1 aliphatic heterocycles. The Morgan fingerprint density at radius 3 is 2.77 bits per heavy atom. The zero-order valence-corrected chi connectivity index (χ0v) is 15.1. The van der Waals surface area contributed by atoms with E-state index in [9.17, 15) is 19.5 Å². The van der Waals surface area contributed by atoms with Gasteiger partial charge >= 0.3 is 12.0 Å². The third-order valence-corrected chi connectivity index (χ3v) is 4.21. The fraction of sp³-hybridized carbons (Fsp3) is 0.556. The van der Waals surface area contributed by atoms with Crippen molar-refractivity contribution in [1.29, 1.82) is 0 Å². The molecular formula is C18H26N4O4. The van der Waals surface area contributed by atoms with Crippen LogP contribution in [0.1, 0.15) is 38.7 Å². The highest BCUT2D eigenvalue weighted by atomic mass is 16.4. The van der Waals surface area contributed by atoms with E-state index in [-0.39, 0.29) is 17.9 Å². The van der Waals surface area contributed by atoms with Crippen molar-refractivity contribution in [3.63, 3.8) is 0 Å². The maximum absolute atomic E-state index is 12.7. The van der Waals surface area contributed by atoms with Crippen LogP contribution in [0.2, 0.25) is 0 Å². The fourth-order valence-corrected chi connectivity index (χ4v) is 2.94. The molecule has 1 aromatic rings. The van der Waals surface area contributed by atoms with E-state index in [1.54, 1.807) is 18.5 Å². The average molecular weight is 362 g/mol. The molecule has 2 rings (SSSR count). The minimum Gasteiger partial charge on any atom is -0.480 e. The maximum Gasteiger partial charge on any atom is 0.326 e. The van der Waals surface area contributed by atoms with E-state index >= 15 is 0 Å². The van der Waals surface area contributed by atoms with Crippen LogP contribution in [0.4, 0.5) is 4.79 Å². The van der Waals surface area contributed by atoms with Crippen LogP contribution < -0.4 is 10.6 Å². The van der Waals surface area contributed by atoms with E-state index < -0.39 is 18.0 Å². The summed E-state index contributed by atoms with van der Waals surface area (Å²) in [6.45, 7) is 4.42. The third-order valence-electron chi connectivity index (χ3n) is 4.21. The number of hydrogen-bond acceptors (Lipinski definition) is 4. The Morgan fingerprint density at radius 2 is 2.23 bits per heavy atom. The lowest BCUT2D eigenvalue weighted by molar-refractivity contribution is -0.139. The molecule has 26 heavy (non-hydrogen) atoms. The second-order valence-electron chi connectivity index (χ2n) is 7.01. The molecule has 0 spiro atoms. The van der Waals surface area contributed by atoms with Gasteiger partial charge in [-0.3, -0.25) is 9.78 Å². The molecule has 0 saturated carbocycles. The first-order valence-electron chi connectivity index (χ1n) is 8.81. The van der Waals surface area contributed by atoms with Crippen molar-refractivity contribution in [2.24, 2.45) is 5.92 Å². The van der Waals surface area contributed by atoms with Crippen molar-refractivity contribution in [3.05, 3.63) is 30.1 Å². The number of aliphatic carboxylic acids is 1. The molecule has 0 unspecified atom stereocenters.